The molecule has 2 aromatic carbocycles. The zero-order chi connectivity index (χ0) is 17.8. The van der Waals surface area contributed by atoms with Gasteiger partial charge in [0.25, 0.3) is 5.91 Å². The number of carbonyl (C=O) groups is 1. The summed E-state index contributed by atoms with van der Waals surface area (Å²) in [5, 5.41) is 6.27. The Morgan fingerprint density at radius 3 is 2.50 bits per heavy atom. The predicted octanol–water partition coefficient (Wildman–Crippen LogP) is 3.79. The second-order valence-electron chi connectivity index (χ2n) is 6.39. The van der Waals surface area contributed by atoms with Gasteiger partial charge in [-0.3, -0.25) is 4.79 Å². The molecule has 3 rings (SSSR count). The molecule has 2 atom stereocenters. The number of carbonyl (C=O) groups excluding carboxylic acids is 1. The molecule has 1 aliphatic heterocycles. The van der Waals surface area contributed by atoms with Crippen LogP contribution in [0.5, 0.6) is 5.75 Å². The SMILES string of the molecule is COc1ccc(-c2ccc(C(=O)NC3CCCNC3C)c(F)c2)cc1.Cl. The van der Waals surface area contributed by atoms with Crippen LogP contribution in [0.2, 0.25) is 0 Å². The lowest BCUT2D eigenvalue weighted by atomic mass is 9.99. The molecule has 2 aromatic rings. The van der Waals surface area contributed by atoms with Crippen molar-refractivity contribution in [1.29, 1.82) is 0 Å². The van der Waals surface area contributed by atoms with Gasteiger partial charge in [-0.25, -0.2) is 4.39 Å². The van der Waals surface area contributed by atoms with Gasteiger partial charge in [0.2, 0.25) is 0 Å². The summed E-state index contributed by atoms with van der Waals surface area (Å²) in [5.41, 5.74) is 1.68. The van der Waals surface area contributed by atoms with Crippen molar-refractivity contribution in [2.45, 2.75) is 31.8 Å². The van der Waals surface area contributed by atoms with Crippen molar-refractivity contribution in [2.24, 2.45) is 0 Å². The Morgan fingerprint density at radius 2 is 1.88 bits per heavy atom. The highest BCUT2D eigenvalue weighted by atomic mass is 35.5. The third-order valence-electron chi connectivity index (χ3n) is 4.72. The summed E-state index contributed by atoms with van der Waals surface area (Å²) in [6.45, 7) is 2.99. The van der Waals surface area contributed by atoms with Crippen LogP contribution in [0.1, 0.15) is 30.1 Å². The second kappa shape index (κ2) is 9.01. The Balaban J connectivity index is 0.00000243. The van der Waals surface area contributed by atoms with E-state index in [4.69, 9.17) is 4.74 Å². The Hall–Kier alpha value is -2.11. The maximum absolute atomic E-state index is 14.5. The number of hydrogen-bond acceptors (Lipinski definition) is 3. The van der Waals surface area contributed by atoms with Crippen molar-refractivity contribution >= 4 is 18.3 Å². The van der Waals surface area contributed by atoms with Crippen LogP contribution in [0.15, 0.2) is 42.5 Å². The Morgan fingerprint density at radius 1 is 1.19 bits per heavy atom. The normalized spacial score (nSPS) is 19.3. The van der Waals surface area contributed by atoms with E-state index in [1.54, 1.807) is 19.2 Å². The quantitative estimate of drug-likeness (QED) is 0.851. The van der Waals surface area contributed by atoms with Crippen molar-refractivity contribution in [3.63, 3.8) is 0 Å². The molecule has 0 spiro atoms. The molecular formula is C20H24ClFN2O2. The van der Waals surface area contributed by atoms with E-state index in [9.17, 15) is 9.18 Å². The van der Waals surface area contributed by atoms with E-state index in [1.165, 1.54) is 6.07 Å². The minimum Gasteiger partial charge on any atom is -0.497 e. The number of hydrogen-bond donors (Lipinski definition) is 2. The molecule has 1 fully saturated rings. The molecule has 1 heterocycles. The molecule has 2 N–H and O–H groups in total. The summed E-state index contributed by atoms with van der Waals surface area (Å²) < 4.78 is 19.6. The first-order chi connectivity index (χ1) is 12.1. The fourth-order valence-electron chi connectivity index (χ4n) is 3.15. The van der Waals surface area contributed by atoms with Crippen LogP contribution in [-0.2, 0) is 0 Å². The van der Waals surface area contributed by atoms with Gasteiger partial charge >= 0.3 is 0 Å². The third-order valence-corrected chi connectivity index (χ3v) is 4.72. The lowest BCUT2D eigenvalue weighted by Gasteiger charge is -2.30. The molecule has 4 nitrogen and oxygen atoms in total. The lowest BCUT2D eigenvalue weighted by Crippen LogP contribution is -2.52. The van der Waals surface area contributed by atoms with Gasteiger partial charge < -0.3 is 15.4 Å². The van der Waals surface area contributed by atoms with E-state index in [0.717, 1.165) is 36.3 Å². The van der Waals surface area contributed by atoms with E-state index in [1.807, 2.05) is 31.2 Å². The Bertz CT molecular complexity index is 752. The van der Waals surface area contributed by atoms with Gasteiger partial charge in [0.15, 0.2) is 0 Å². The summed E-state index contributed by atoms with van der Waals surface area (Å²) in [7, 11) is 1.60. The van der Waals surface area contributed by atoms with Crippen LogP contribution in [-0.4, -0.2) is 31.6 Å². The number of nitrogens with one attached hydrogen (secondary N) is 2. The summed E-state index contributed by atoms with van der Waals surface area (Å²) in [4.78, 5) is 12.4. The number of piperidine rings is 1. The molecular weight excluding hydrogens is 355 g/mol. The second-order valence-corrected chi connectivity index (χ2v) is 6.39. The van der Waals surface area contributed by atoms with Crippen LogP contribution in [0.25, 0.3) is 11.1 Å². The van der Waals surface area contributed by atoms with Crippen molar-refractivity contribution in [3.05, 3.63) is 53.8 Å². The summed E-state index contributed by atoms with van der Waals surface area (Å²) in [6, 6.07) is 12.3. The molecule has 1 saturated heterocycles. The fourth-order valence-corrected chi connectivity index (χ4v) is 3.15. The van der Waals surface area contributed by atoms with E-state index in [-0.39, 0.29) is 36.0 Å². The zero-order valence-corrected chi connectivity index (χ0v) is 15.7. The molecule has 0 bridgehead atoms. The molecule has 0 radical (unpaired) electrons. The van der Waals surface area contributed by atoms with Gasteiger partial charge in [-0.15, -0.1) is 12.4 Å². The standard InChI is InChI=1S/C20H23FN2O2.ClH/c1-13-19(4-3-11-22-13)23-20(24)17-10-7-15(12-18(17)21)14-5-8-16(25-2)9-6-14;/h5-10,12-13,19,22H,3-4,11H2,1-2H3,(H,23,24);1H. The number of benzene rings is 2. The monoisotopic (exact) mass is 378 g/mol. The number of methoxy groups -OCH3 is 1. The largest absolute Gasteiger partial charge is 0.497 e. The maximum atomic E-state index is 14.5. The van der Waals surface area contributed by atoms with Crippen LogP contribution in [0, 0.1) is 5.82 Å². The lowest BCUT2D eigenvalue weighted by molar-refractivity contribution is 0.0916. The number of rotatable bonds is 4. The highest BCUT2D eigenvalue weighted by Crippen LogP contribution is 2.24. The highest BCUT2D eigenvalue weighted by Gasteiger charge is 2.24. The smallest absolute Gasteiger partial charge is 0.254 e. The first-order valence-electron chi connectivity index (χ1n) is 8.56. The topological polar surface area (TPSA) is 50.4 Å². The van der Waals surface area contributed by atoms with Gasteiger partial charge in [-0.05, 0) is 61.7 Å². The molecule has 0 aromatic heterocycles. The molecule has 6 heteroatoms. The maximum Gasteiger partial charge on any atom is 0.254 e. The number of amides is 1. The molecule has 26 heavy (non-hydrogen) atoms. The van der Waals surface area contributed by atoms with Crippen LogP contribution >= 0.6 is 12.4 Å². The summed E-state index contributed by atoms with van der Waals surface area (Å²) >= 11 is 0. The Kier molecular flexibility index (Phi) is 7.00. The van der Waals surface area contributed by atoms with Crippen molar-refractivity contribution < 1.29 is 13.9 Å². The van der Waals surface area contributed by atoms with E-state index in [0.29, 0.717) is 0 Å². The van der Waals surface area contributed by atoms with E-state index < -0.39 is 5.82 Å². The minimum atomic E-state index is -0.512. The average molecular weight is 379 g/mol. The molecule has 0 aliphatic carbocycles. The zero-order valence-electron chi connectivity index (χ0n) is 14.9. The first-order valence-corrected chi connectivity index (χ1v) is 8.56. The Labute approximate surface area is 159 Å². The molecule has 140 valence electrons. The minimum absolute atomic E-state index is 0. The summed E-state index contributed by atoms with van der Waals surface area (Å²) in [6.07, 6.45) is 1.92. The summed E-state index contributed by atoms with van der Waals surface area (Å²) in [5.74, 6) is -0.128. The van der Waals surface area contributed by atoms with Crippen LogP contribution < -0.4 is 15.4 Å². The molecule has 1 aliphatic rings. The van der Waals surface area contributed by atoms with E-state index >= 15 is 0 Å². The van der Waals surface area contributed by atoms with Gasteiger partial charge in [-0.2, -0.15) is 0 Å². The van der Waals surface area contributed by atoms with Gasteiger partial charge in [0, 0.05) is 12.1 Å². The third kappa shape index (κ3) is 4.54. The fraction of sp³-hybridized carbons (Fsp3) is 0.350. The van der Waals surface area contributed by atoms with Gasteiger partial charge in [0.1, 0.15) is 11.6 Å². The van der Waals surface area contributed by atoms with E-state index in [2.05, 4.69) is 10.6 Å². The van der Waals surface area contributed by atoms with Crippen molar-refractivity contribution in [2.75, 3.05) is 13.7 Å². The van der Waals surface area contributed by atoms with Gasteiger partial charge in [0.05, 0.1) is 12.7 Å². The van der Waals surface area contributed by atoms with Crippen LogP contribution in [0.4, 0.5) is 4.39 Å². The molecule has 1 amide bonds. The highest BCUT2D eigenvalue weighted by molar-refractivity contribution is 5.95. The number of halogens is 2. The van der Waals surface area contributed by atoms with Crippen LogP contribution in [0.3, 0.4) is 0 Å². The molecule has 2 unspecified atom stereocenters. The van der Waals surface area contributed by atoms with Crippen molar-refractivity contribution in [3.8, 4) is 16.9 Å². The molecule has 0 saturated carbocycles. The van der Waals surface area contributed by atoms with Gasteiger partial charge in [-0.1, -0.05) is 18.2 Å². The first kappa shape index (κ1) is 20.2. The number of ether oxygens (including phenoxy) is 1. The predicted molar refractivity (Wildman–Crippen MR) is 104 cm³/mol. The average Bonchev–Trinajstić information content (AvgIpc) is 2.63. The van der Waals surface area contributed by atoms with Crippen molar-refractivity contribution in [1.82, 2.24) is 10.6 Å².